The lowest BCUT2D eigenvalue weighted by Crippen LogP contribution is -2.46. The van der Waals surface area contributed by atoms with Crippen LogP contribution in [0.15, 0.2) is 42.5 Å². The Kier molecular flexibility index (Phi) is 6.56. The summed E-state index contributed by atoms with van der Waals surface area (Å²) in [6.45, 7) is 9.86. The summed E-state index contributed by atoms with van der Waals surface area (Å²) in [7, 11) is 0. The van der Waals surface area contributed by atoms with Gasteiger partial charge in [0.15, 0.2) is 0 Å². The zero-order chi connectivity index (χ0) is 22.0. The van der Waals surface area contributed by atoms with Crippen LogP contribution in [0.5, 0.6) is 0 Å². The number of rotatable bonds is 3. The van der Waals surface area contributed by atoms with Crippen molar-refractivity contribution in [1.29, 1.82) is 0 Å². The number of morpholine rings is 1. The fourth-order valence-corrected chi connectivity index (χ4v) is 4.64. The lowest BCUT2D eigenvalue weighted by atomic mass is 9.90. The average molecular weight is 443 g/mol. The number of hydrogen-bond acceptors (Lipinski definition) is 4. The maximum atomic E-state index is 13.0. The Morgan fingerprint density at radius 3 is 2.71 bits per heavy atom. The van der Waals surface area contributed by atoms with Crippen molar-refractivity contribution in [2.75, 3.05) is 26.3 Å². The number of fused-ring (bicyclic) bond motifs is 1. The molecule has 0 saturated carbocycles. The van der Waals surface area contributed by atoms with E-state index < -0.39 is 5.60 Å². The van der Waals surface area contributed by atoms with Crippen LogP contribution >= 0.6 is 11.6 Å². The summed E-state index contributed by atoms with van der Waals surface area (Å²) in [6, 6.07) is 14.4. The Morgan fingerprint density at radius 1 is 1.19 bits per heavy atom. The Morgan fingerprint density at radius 2 is 1.97 bits per heavy atom. The van der Waals surface area contributed by atoms with Gasteiger partial charge in [0, 0.05) is 31.2 Å². The summed E-state index contributed by atoms with van der Waals surface area (Å²) in [6.07, 6.45) is 0.641. The Bertz CT molecular complexity index is 926. The zero-order valence-corrected chi connectivity index (χ0v) is 19.3. The molecule has 6 heteroatoms. The van der Waals surface area contributed by atoms with Crippen LogP contribution < -0.4 is 0 Å². The van der Waals surface area contributed by atoms with Gasteiger partial charge in [0.2, 0.25) is 0 Å². The first-order valence-corrected chi connectivity index (χ1v) is 11.3. The van der Waals surface area contributed by atoms with Crippen molar-refractivity contribution in [2.45, 2.75) is 51.9 Å². The second kappa shape index (κ2) is 9.19. The third-order valence-corrected chi connectivity index (χ3v) is 6.00. The van der Waals surface area contributed by atoms with Crippen LogP contribution in [0.2, 0.25) is 5.02 Å². The van der Waals surface area contributed by atoms with Crippen LogP contribution in [0.3, 0.4) is 0 Å². The summed E-state index contributed by atoms with van der Waals surface area (Å²) in [5.41, 5.74) is 4.36. The van der Waals surface area contributed by atoms with Crippen LogP contribution in [0, 0.1) is 0 Å². The molecular weight excluding hydrogens is 412 g/mol. The molecule has 0 N–H and O–H groups in total. The Hall–Kier alpha value is -2.08. The summed E-state index contributed by atoms with van der Waals surface area (Å²) in [5.74, 6) is 0. The standard InChI is InChI=1S/C25H31ClN2O3/c1-25(2,3)31-24(29)28-11-12-30-17-23(28)21-14-20(26)13-19-9-10-27(16-22(19)21)15-18-7-5-4-6-8-18/h4-8,13-14,23H,9-12,15-17H2,1-3H3/t23-/m0/s1. The smallest absolute Gasteiger partial charge is 0.410 e. The van der Waals surface area contributed by atoms with Crippen molar-refractivity contribution in [3.8, 4) is 0 Å². The van der Waals surface area contributed by atoms with Crippen molar-refractivity contribution in [3.05, 3.63) is 69.7 Å². The molecule has 0 aliphatic carbocycles. The highest BCUT2D eigenvalue weighted by molar-refractivity contribution is 6.30. The monoisotopic (exact) mass is 442 g/mol. The highest BCUT2D eigenvalue weighted by Gasteiger charge is 2.35. The van der Waals surface area contributed by atoms with E-state index in [1.807, 2.05) is 32.9 Å². The first-order chi connectivity index (χ1) is 14.8. The maximum Gasteiger partial charge on any atom is 0.410 e. The van der Waals surface area contributed by atoms with Gasteiger partial charge in [-0.3, -0.25) is 9.80 Å². The SMILES string of the molecule is CC(C)(C)OC(=O)N1CCOC[C@H]1c1cc(Cl)cc2c1CN(Cc1ccccc1)CC2. The normalized spacial score (nSPS) is 19.7. The van der Waals surface area contributed by atoms with Crippen LogP contribution in [0.1, 0.15) is 49.1 Å². The Balaban J connectivity index is 1.62. The summed E-state index contributed by atoms with van der Waals surface area (Å²) in [4.78, 5) is 17.2. The van der Waals surface area contributed by atoms with Gasteiger partial charge in [-0.1, -0.05) is 41.9 Å². The molecule has 0 radical (unpaired) electrons. The minimum Gasteiger partial charge on any atom is -0.444 e. The predicted octanol–water partition coefficient (Wildman–Crippen LogP) is 5.21. The number of carbonyl (C=O) groups excluding carboxylic acids is 1. The molecule has 5 nitrogen and oxygen atoms in total. The van der Waals surface area contributed by atoms with E-state index >= 15 is 0 Å². The number of hydrogen-bond donors (Lipinski definition) is 0. The molecule has 0 aromatic heterocycles. The molecule has 0 unspecified atom stereocenters. The van der Waals surface area contributed by atoms with E-state index in [0.29, 0.717) is 24.8 Å². The number of carbonyl (C=O) groups is 1. The van der Waals surface area contributed by atoms with Crippen molar-refractivity contribution in [3.63, 3.8) is 0 Å². The number of benzene rings is 2. The van der Waals surface area contributed by atoms with E-state index in [2.05, 4.69) is 35.2 Å². The minimum atomic E-state index is -0.541. The fourth-order valence-electron chi connectivity index (χ4n) is 4.39. The van der Waals surface area contributed by atoms with E-state index in [-0.39, 0.29) is 12.1 Å². The Labute approximate surface area is 189 Å². The first kappa shape index (κ1) is 22.1. The summed E-state index contributed by atoms with van der Waals surface area (Å²) < 4.78 is 11.5. The van der Waals surface area contributed by atoms with Crippen molar-refractivity contribution in [2.24, 2.45) is 0 Å². The van der Waals surface area contributed by atoms with E-state index in [1.54, 1.807) is 4.90 Å². The quantitative estimate of drug-likeness (QED) is 0.654. The van der Waals surface area contributed by atoms with E-state index in [9.17, 15) is 4.79 Å². The molecule has 0 spiro atoms. The number of nitrogens with zero attached hydrogens (tertiary/aromatic N) is 2. The lowest BCUT2D eigenvalue weighted by Gasteiger charge is -2.39. The third kappa shape index (κ3) is 5.40. The van der Waals surface area contributed by atoms with Gasteiger partial charge in [0.25, 0.3) is 0 Å². The molecule has 2 aliphatic heterocycles. The molecular formula is C25H31ClN2O3. The molecule has 4 rings (SSSR count). The van der Waals surface area contributed by atoms with Gasteiger partial charge in [-0.25, -0.2) is 4.79 Å². The molecule has 2 aromatic carbocycles. The van der Waals surface area contributed by atoms with E-state index in [4.69, 9.17) is 21.1 Å². The van der Waals surface area contributed by atoms with Crippen molar-refractivity contribution < 1.29 is 14.3 Å². The molecule has 2 heterocycles. The van der Waals surface area contributed by atoms with Gasteiger partial charge in [0.1, 0.15) is 5.60 Å². The van der Waals surface area contributed by atoms with Crippen LogP contribution in [0.4, 0.5) is 4.79 Å². The van der Waals surface area contributed by atoms with Gasteiger partial charge in [-0.2, -0.15) is 0 Å². The third-order valence-electron chi connectivity index (χ3n) is 5.79. The van der Waals surface area contributed by atoms with Gasteiger partial charge in [-0.15, -0.1) is 0 Å². The summed E-state index contributed by atoms with van der Waals surface area (Å²) in [5, 5.41) is 0.708. The molecule has 2 aliphatic rings. The van der Waals surface area contributed by atoms with Gasteiger partial charge >= 0.3 is 6.09 Å². The molecule has 1 fully saturated rings. The zero-order valence-electron chi connectivity index (χ0n) is 18.6. The van der Waals surface area contributed by atoms with E-state index in [1.165, 1.54) is 16.7 Å². The highest BCUT2D eigenvalue weighted by atomic mass is 35.5. The summed E-state index contributed by atoms with van der Waals surface area (Å²) >= 11 is 6.51. The van der Waals surface area contributed by atoms with Crippen molar-refractivity contribution in [1.82, 2.24) is 9.80 Å². The average Bonchev–Trinajstić information content (AvgIpc) is 2.73. The topological polar surface area (TPSA) is 42.0 Å². The number of halogens is 1. The largest absolute Gasteiger partial charge is 0.444 e. The predicted molar refractivity (Wildman–Crippen MR) is 122 cm³/mol. The second-order valence-corrected chi connectivity index (χ2v) is 9.78. The second-order valence-electron chi connectivity index (χ2n) is 9.34. The minimum absolute atomic E-state index is 0.201. The molecule has 2 aromatic rings. The van der Waals surface area contributed by atoms with E-state index in [0.717, 1.165) is 31.6 Å². The van der Waals surface area contributed by atoms with Crippen molar-refractivity contribution >= 4 is 17.7 Å². The van der Waals surface area contributed by atoms with Crippen LogP contribution in [0.25, 0.3) is 0 Å². The number of amides is 1. The number of ether oxygens (including phenoxy) is 2. The fraction of sp³-hybridized carbons (Fsp3) is 0.480. The highest BCUT2D eigenvalue weighted by Crippen LogP contribution is 2.35. The van der Waals surface area contributed by atoms with Gasteiger partial charge < -0.3 is 9.47 Å². The molecule has 1 amide bonds. The molecule has 31 heavy (non-hydrogen) atoms. The van der Waals surface area contributed by atoms with Crippen LogP contribution in [-0.2, 0) is 29.0 Å². The molecule has 1 atom stereocenters. The lowest BCUT2D eigenvalue weighted by molar-refractivity contribution is -0.0334. The maximum absolute atomic E-state index is 13.0. The van der Waals surface area contributed by atoms with Crippen LogP contribution in [-0.4, -0.2) is 47.8 Å². The molecule has 1 saturated heterocycles. The molecule has 0 bridgehead atoms. The van der Waals surface area contributed by atoms with Gasteiger partial charge in [0.05, 0.1) is 19.3 Å². The first-order valence-electron chi connectivity index (χ1n) is 10.9. The molecule has 166 valence electrons. The van der Waals surface area contributed by atoms with Gasteiger partial charge in [-0.05, 0) is 61.6 Å².